The standard InChI is InChI=1S/C36H42O9/c1-17-15-19-22(25-21(17)18(2)16-20(37)42-25)23(26(38)35-13-11-33(9,28(40)44-35)31(35,5)6)24(30(3,4)43-19)27(39)36-14-12-34(10,29(41)45-36)32(36,7)8/h15-16,23-24H,11-14H2,1-10H3/t23-,24-,33-,34-,35+,36+/m0/s1. The number of Topliss-reactive ketones (excluding diaryl/α,β-unsaturated/α-hetero) is 2. The number of hydrogen-bond donors (Lipinski definition) is 0. The van der Waals surface area contributed by atoms with Crippen molar-refractivity contribution < 1.29 is 37.8 Å². The molecule has 1 aromatic carbocycles. The third-order valence-corrected chi connectivity index (χ3v) is 13.7. The summed E-state index contributed by atoms with van der Waals surface area (Å²) in [7, 11) is 0. The quantitative estimate of drug-likeness (QED) is 0.315. The number of esters is 2. The summed E-state index contributed by atoms with van der Waals surface area (Å²) in [5, 5.41) is 0.649. The van der Waals surface area contributed by atoms with Crippen LogP contribution in [-0.2, 0) is 28.7 Å². The first kappa shape index (κ1) is 30.2. The van der Waals surface area contributed by atoms with Crippen LogP contribution in [0.3, 0.4) is 0 Å². The molecule has 0 radical (unpaired) electrons. The van der Waals surface area contributed by atoms with Crippen molar-refractivity contribution in [2.75, 3.05) is 0 Å². The van der Waals surface area contributed by atoms with E-state index in [9.17, 15) is 14.4 Å². The molecule has 6 atom stereocenters. The van der Waals surface area contributed by atoms with Crippen LogP contribution in [-0.4, -0.2) is 40.3 Å². The number of rotatable bonds is 4. The highest BCUT2D eigenvalue weighted by molar-refractivity contribution is 6.09. The fraction of sp³-hybridized carbons (Fsp3) is 0.639. The third-order valence-electron chi connectivity index (χ3n) is 13.7. The average molecular weight is 619 g/mol. The molecule has 2 aliphatic carbocycles. The van der Waals surface area contributed by atoms with Crippen molar-refractivity contribution >= 4 is 34.5 Å². The van der Waals surface area contributed by atoms with E-state index in [1.807, 2.05) is 54.5 Å². The Morgan fingerprint density at radius 1 is 0.689 bits per heavy atom. The van der Waals surface area contributed by atoms with Crippen LogP contribution in [0.15, 0.2) is 21.3 Å². The van der Waals surface area contributed by atoms with Gasteiger partial charge in [-0.3, -0.25) is 19.2 Å². The molecule has 45 heavy (non-hydrogen) atoms. The lowest BCUT2D eigenvalue weighted by Crippen LogP contribution is -2.62. The minimum absolute atomic E-state index is 0.178. The topological polar surface area (TPSA) is 126 Å². The number of ether oxygens (including phenoxy) is 3. The minimum Gasteiger partial charge on any atom is -0.487 e. The van der Waals surface area contributed by atoms with E-state index in [1.54, 1.807) is 20.8 Å². The maximum Gasteiger partial charge on any atom is 0.336 e. The molecule has 5 aliphatic rings. The highest BCUT2D eigenvalue weighted by atomic mass is 16.6. The van der Waals surface area contributed by atoms with E-state index >= 15 is 9.59 Å². The largest absolute Gasteiger partial charge is 0.487 e. The number of aryl methyl sites for hydroxylation is 2. The predicted octanol–water partition coefficient (Wildman–Crippen LogP) is 5.66. The van der Waals surface area contributed by atoms with E-state index in [0.29, 0.717) is 47.9 Å². The Balaban J connectivity index is 1.54. The molecule has 240 valence electrons. The SMILES string of the molecule is Cc1cc2c(c3oc(=O)cc(C)c13)[C@H](C(=O)[C@@]13CC[C@@](C)(C(=O)O1)C3(C)C)[C@@H](C(=O)[C@@]13CC[C@@](C)(C(=O)O1)C3(C)C)C(C)(C)O2. The molecule has 0 amide bonds. The number of carbonyl (C=O) groups excluding carboxylic acids is 4. The Labute approximate surface area is 262 Å². The van der Waals surface area contributed by atoms with Gasteiger partial charge < -0.3 is 18.6 Å². The molecular formula is C36H42O9. The molecule has 9 heteroatoms. The highest BCUT2D eigenvalue weighted by Gasteiger charge is 2.80. The molecule has 0 N–H and O–H groups in total. The number of carbonyl (C=O) groups is 4. The second-order valence-corrected chi connectivity index (χ2v) is 16.3. The summed E-state index contributed by atoms with van der Waals surface area (Å²) >= 11 is 0. The Kier molecular flexibility index (Phi) is 5.54. The number of benzene rings is 1. The Morgan fingerprint density at radius 3 is 1.64 bits per heavy atom. The Morgan fingerprint density at radius 2 is 1.18 bits per heavy atom. The lowest BCUT2D eigenvalue weighted by molar-refractivity contribution is -0.177. The van der Waals surface area contributed by atoms with Gasteiger partial charge in [0.1, 0.15) is 16.9 Å². The van der Waals surface area contributed by atoms with Crippen molar-refractivity contribution in [3.8, 4) is 5.75 Å². The fourth-order valence-electron chi connectivity index (χ4n) is 9.86. The summed E-state index contributed by atoms with van der Waals surface area (Å²) in [6.07, 6.45) is 1.54. The molecule has 0 unspecified atom stereocenters. The van der Waals surface area contributed by atoms with Gasteiger partial charge in [0.05, 0.1) is 22.7 Å². The van der Waals surface area contributed by atoms with E-state index in [2.05, 4.69) is 0 Å². The lowest BCUT2D eigenvalue weighted by atomic mass is 9.57. The molecule has 0 spiro atoms. The van der Waals surface area contributed by atoms with Gasteiger partial charge in [-0.15, -0.1) is 0 Å². The molecule has 1 aromatic heterocycles. The summed E-state index contributed by atoms with van der Waals surface area (Å²) in [4.78, 5) is 70.5. The van der Waals surface area contributed by atoms with Gasteiger partial charge >= 0.3 is 17.6 Å². The smallest absolute Gasteiger partial charge is 0.336 e. The van der Waals surface area contributed by atoms with Crippen LogP contribution in [0.25, 0.3) is 11.0 Å². The zero-order chi connectivity index (χ0) is 33.1. The average Bonchev–Trinajstić information content (AvgIpc) is 3.38. The number of fused-ring (bicyclic) bond motifs is 7. The summed E-state index contributed by atoms with van der Waals surface area (Å²) in [5.74, 6) is -3.76. The maximum atomic E-state index is 15.5. The molecule has 2 saturated carbocycles. The fourth-order valence-corrected chi connectivity index (χ4v) is 9.86. The maximum absolute atomic E-state index is 15.5. The normalized spacial score (nSPS) is 38.1. The molecule has 4 bridgehead atoms. The number of ketones is 2. The summed E-state index contributed by atoms with van der Waals surface area (Å²) < 4.78 is 24.7. The van der Waals surface area contributed by atoms with Crippen LogP contribution in [0.5, 0.6) is 5.75 Å². The van der Waals surface area contributed by atoms with Crippen molar-refractivity contribution in [2.45, 2.75) is 118 Å². The van der Waals surface area contributed by atoms with Crippen LogP contribution in [0.2, 0.25) is 0 Å². The zero-order valence-electron chi connectivity index (χ0n) is 27.8. The molecule has 4 fully saturated rings. The Hall–Kier alpha value is -3.49. The second kappa shape index (κ2) is 8.26. The summed E-state index contributed by atoms with van der Waals surface area (Å²) in [6.45, 7) is 18.4. The number of hydrogen-bond acceptors (Lipinski definition) is 9. The van der Waals surface area contributed by atoms with E-state index in [4.69, 9.17) is 18.6 Å². The molecule has 9 nitrogen and oxygen atoms in total. The molecule has 7 rings (SSSR count). The predicted molar refractivity (Wildman–Crippen MR) is 163 cm³/mol. The molecule has 4 heterocycles. The van der Waals surface area contributed by atoms with Crippen LogP contribution < -0.4 is 10.4 Å². The van der Waals surface area contributed by atoms with Gasteiger partial charge in [0.25, 0.3) is 0 Å². The van der Waals surface area contributed by atoms with Crippen LogP contribution >= 0.6 is 0 Å². The summed E-state index contributed by atoms with van der Waals surface area (Å²) in [6, 6.07) is 3.22. The van der Waals surface area contributed by atoms with Gasteiger partial charge in [-0.2, -0.15) is 0 Å². The van der Waals surface area contributed by atoms with Gasteiger partial charge in [-0.25, -0.2) is 4.79 Å². The third kappa shape index (κ3) is 3.09. The molecule has 3 aliphatic heterocycles. The first-order chi connectivity index (χ1) is 20.6. The van der Waals surface area contributed by atoms with E-state index in [-0.39, 0.29) is 5.58 Å². The van der Waals surface area contributed by atoms with Crippen molar-refractivity contribution in [3.63, 3.8) is 0 Å². The minimum atomic E-state index is -1.53. The van der Waals surface area contributed by atoms with E-state index < -0.39 is 79.4 Å². The Bertz CT molecular complexity index is 1840. The second-order valence-electron chi connectivity index (χ2n) is 16.3. The van der Waals surface area contributed by atoms with E-state index in [1.165, 1.54) is 6.07 Å². The van der Waals surface area contributed by atoms with Crippen molar-refractivity contribution in [3.05, 3.63) is 39.2 Å². The first-order valence-electron chi connectivity index (χ1n) is 16.0. The van der Waals surface area contributed by atoms with Crippen molar-refractivity contribution in [2.24, 2.45) is 27.6 Å². The lowest BCUT2D eigenvalue weighted by Gasteiger charge is -2.49. The van der Waals surface area contributed by atoms with Gasteiger partial charge in [0, 0.05) is 27.8 Å². The van der Waals surface area contributed by atoms with E-state index in [0.717, 1.165) is 5.56 Å². The van der Waals surface area contributed by atoms with Crippen molar-refractivity contribution in [1.29, 1.82) is 0 Å². The van der Waals surface area contributed by atoms with Crippen LogP contribution in [0.1, 0.15) is 104 Å². The molecule has 2 aromatic rings. The molecule has 2 saturated heterocycles. The molecular weight excluding hydrogens is 576 g/mol. The van der Waals surface area contributed by atoms with Crippen molar-refractivity contribution in [1.82, 2.24) is 0 Å². The highest BCUT2D eigenvalue weighted by Crippen LogP contribution is 2.70. The van der Waals surface area contributed by atoms with Gasteiger partial charge in [-0.1, -0.05) is 27.7 Å². The van der Waals surface area contributed by atoms with Gasteiger partial charge in [-0.05, 0) is 84.4 Å². The van der Waals surface area contributed by atoms with Crippen LogP contribution in [0.4, 0.5) is 0 Å². The summed E-state index contributed by atoms with van der Waals surface area (Å²) in [5.41, 5.74) is -6.51. The van der Waals surface area contributed by atoms with Gasteiger partial charge in [0.2, 0.25) is 0 Å². The first-order valence-corrected chi connectivity index (χ1v) is 16.0. The van der Waals surface area contributed by atoms with Crippen LogP contribution in [0, 0.1) is 41.4 Å². The monoisotopic (exact) mass is 618 g/mol. The van der Waals surface area contributed by atoms with Gasteiger partial charge in [0.15, 0.2) is 22.8 Å². The zero-order valence-corrected chi connectivity index (χ0v) is 27.8.